The summed E-state index contributed by atoms with van der Waals surface area (Å²) in [6.07, 6.45) is 12.0. The van der Waals surface area contributed by atoms with Crippen molar-refractivity contribution >= 4 is 5.78 Å². The molecule has 0 radical (unpaired) electrons. The van der Waals surface area contributed by atoms with E-state index in [0.29, 0.717) is 29.7 Å². The molecule has 1 N–H and O–H groups in total. The van der Waals surface area contributed by atoms with Gasteiger partial charge < -0.3 is 5.32 Å². The number of Topliss-reactive ketones (excluding diaryl/α,β-unsaturated/α-hetero) is 1. The van der Waals surface area contributed by atoms with Gasteiger partial charge in [0.15, 0.2) is 0 Å². The maximum atomic E-state index is 13.2. The van der Waals surface area contributed by atoms with Gasteiger partial charge in [-0.25, -0.2) is 0 Å². The average Bonchev–Trinajstić information content (AvgIpc) is 2.76. The van der Waals surface area contributed by atoms with Crippen molar-refractivity contribution in [3.8, 4) is 0 Å². The predicted molar refractivity (Wildman–Crippen MR) is 78.2 cm³/mol. The summed E-state index contributed by atoms with van der Waals surface area (Å²) in [5.74, 6) is 5.15. The van der Waals surface area contributed by atoms with Gasteiger partial charge >= 0.3 is 0 Å². The Kier molecular flexibility index (Phi) is 2.63. The van der Waals surface area contributed by atoms with Crippen LogP contribution in [-0.2, 0) is 4.79 Å². The number of hydrogen-bond acceptors (Lipinski definition) is 2. The highest BCUT2D eigenvalue weighted by molar-refractivity contribution is 5.84. The smallest absolute Gasteiger partial charge is 0.139 e. The first-order valence-corrected chi connectivity index (χ1v) is 9.06. The quantitative estimate of drug-likeness (QED) is 0.837. The van der Waals surface area contributed by atoms with E-state index in [1.54, 1.807) is 0 Å². The van der Waals surface area contributed by atoms with E-state index in [0.717, 1.165) is 36.5 Å². The molecule has 0 amide bonds. The van der Waals surface area contributed by atoms with E-state index in [-0.39, 0.29) is 0 Å². The van der Waals surface area contributed by atoms with Crippen LogP contribution < -0.4 is 5.32 Å². The number of ketones is 1. The summed E-state index contributed by atoms with van der Waals surface area (Å²) in [7, 11) is 0. The lowest BCUT2D eigenvalue weighted by molar-refractivity contribution is -0.141. The second-order valence-corrected chi connectivity index (χ2v) is 8.67. The minimum absolute atomic E-state index is 0.413. The maximum Gasteiger partial charge on any atom is 0.139 e. The summed E-state index contributed by atoms with van der Waals surface area (Å²) in [5, 5.41) is 3.69. The maximum absolute atomic E-state index is 13.2. The zero-order chi connectivity index (χ0) is 13.3. The third kappa shape index (κ3) is 1.76. The molecule has 0 spiro atoms. The molecule has 0 aromatic heterocycles. The van der Waals surface area contributed by atoms with E-state index in [1.807, 2.05) is 0 Å². The molecule has 2 heterocycles. The normalized spacial score (nSPS) is 56.2. The summed E-state index contributed by atoms with van der Waals surface area (Å²) in [6, 6.07) is 1.33. The summed E-state index contributed by atoms with van der Waals surface area (Å²) < 4.78 is 0. The second-order valence-electron chi connectivity index (χ2n) is 8.67. The van der Waals surface area contributed by atoms with Crippen molar-refractivity contribution < 1.29 is 4.79 Å². The lowest BCUT2D eigenvalue weighted by atomic mass is 9.50. The van der Waals surface area contributed by atoms with Gasteiger partial charge in [-0.1, -0.05) is 0 Å². The van der Waals surface area contributed by atoms with E-state index in [9.17, 15) is 4.79 Å². The molecule has 6 fully saturated rings. The molecular formula is C18H27NO. The van der Waals surface area contributed by atoms with Gasteiger partial charge in [-0.15, -0.1) is 0 Å². The fourth-order valence-corrected chi connectivity index (χ4v) is 6.95. The predicted octanol–water partition coefficient (Wildman–Crippen LogP) is 3.16. The highest BCUT2D eigenvalue weighted by Crippen LogP contribution is 2.57. The number of carbonyl (C=O) groups excluding carboxylic acids is 1. The van der Waals surface area contributed by atoms with Crippen molar-refractivity contribution in [2.45, 2.75) is 69.9 Å². The van der Waals surface area contributed by atoms with Gasteiger partial charge in [0, 0.05) is 23.9 Å². The van der Waals surface area contributed by atoms with E-state index in [4.69, 9.17) is 0 Å². The molecule has 2 aliphatic heterocycles. The van der Waals surface area contributed by atoms with Crippen LogP contribution in [0, 0.1) is 35.5 Å². The number of rotatable bonds is 2. The largest absolute Gasteiger partial charge is 0.311 e. The van der Waals surface area contributed by atoms with Crippen LogP contribution >= 0.6 is 0 Å². The van der Waals surface area contributed by atoms with Gasteiger partial charge in [-0.2, -0.15) is 0 Å². The van der Waals surface area contributed by atoms with E-state index < -0.39 is 0 Å². The van der Waals surface area contributed by atoms with Crippen LogP contribution in [0.3, 0.4) is 0 Å². The molecule has 0 aromatic carbocycles. The Bertz CT molecular complexity index is 391. The van der Waals surface area contributed by atoms with Crippen molar-refractivity contribution in [2.75, 3.05) is 0 Å². The Hall–Kier alpha value is -0.370. The average molecular weight is 273 g/mol. The van der Waals surface area contributed by atoms with Gasteiger partial charge in [0.25, 0.3) is 0 Å². The highest BCUT2D eigenvalue weighted by atomic mass is 16.1. The molecule has 20 heavy (non-hydrogen) atoms. The van der Waals surface area contributed by atoms with Gasteiger partial charge in [0.2, 0.25) is 0 Å². The first-order valence-electron chi connectivity index (χ1n) is 9.06. The molecule has 4 aliphatic carbocycles. The number of piperidine rings is 1. The summed E-state index contributed by atoms with van der Waals surface area (Å²) in [6.45, 7) is 0. The third-order valence-corrected chi connectivity index (χ3v) is 7.43. The van der Waals surface area contributed by atoms with Gasteiger partial charge in [-0.05, 0) is 81.5 Å². The molecule has 110 valence electrons. The zero-order valence-corrected chi connectivity index (χ0v) is 12.4. The van der Waals surface area contributed by atoms with Crippen LogP contribution in [0.15, 0.2) is 0 Å². The van der Waals surface area contributed by atoms with Gasteiger partial charge in [0.05, 0.1) is 0 Å². The van der Waals surface area contributed by atoms with Crippen LogP contribution in [0.4, 0.5) is 0 Å². The Morgan fingerprint density at radius 2 is 1.30 bits per heavy atom. The lowest BCUT2D eigenvalue weighted by Crippen LogP contribution is -2.51. The molecular weight excluding hydrogens is 246 g/mol. The van der Waals surface area contributed by atoms with Gasteiger partial charge in [0.1, 0.15) is 5.78 Å². The first kappa shape index (κ1) is 12.2. The molecule has 2 heteroatoms. The molecule has 2 atom stereocenters. The number of fused-ring (bicyclic) bond motifs is 2. The van der Waals surface area contributed by atoms with Crippen LogP contribution in [0.25, 0.3) is 0 Å². The Balaban J connectivity index is 1.36. The number of nitrogens with one attached hydrogen (secondary N) is 1. The number of hydrogen-bond donors (Lipinski definition) is 1. The molecule has 2 nitrogen and oxygen atoms in total. The fourth-order valence-electron chi connectivity index (χ4n) is 6.95. The highest BCUT2D eigenvalue weighted by Gasteiger charge is 2.52. The monoisotopic (exact) mass is 273 g/mol. The summed E-state index contributed by atoms with van der Waals surface area (Å²) >= 11 is 0. The van der Waals surface area contributed by atoms with Crippen molar-refractivity contribution in [1.82, 2.24) is 5.32 Å². The van der Waals surface area contributed by atoms with Crippen molar-refractivity contribution in [3.05, 3.63) is 0 Å². The molecule has 4 saturated carbocycles. The van der Waals surface area contributed by atoms with Crippen molar-refractivity contribution in [2.24, 2.45) is 35.5 Å². The third-order valence-electron chi connectivity index (χ3n) is 7.43. The minimum atomic E-state index is 0.413. The topological polar surface area (TPSA) is 29.1 Å². The summed E-state index contributed by atoms with van der Waals surface area (Å²) in [4.78, 5) is 13.2. The van der Waals surface area contributed by atoms with E-state index in [1.165, 1.54) is 44.9 Å². The lowest BCUT2D eigenvalue weighted by Gasteiger charge is -2.54. The van der Waals surface area contributed by atoms with E-state index >= 15 is 0 Å². The molecule has 6 bridgehead atoms. The van der Waals surface area contributed by atoms with Crippen molar-refractivity contribution in [1.29, 1.82) is 0 Å². The number of carbonyl (C=O) groups is 1. The Labute approximate surface area is 122 Å². The Morgan fingerprint density at radius 1 is 0.750 bits per heavy atom. The second kappa shape index (κ2) is 4.32. The van der Waals surface area contributed by atoms with Crippen LogP contribution in [0.2, 0.25) is 0 Å². The first-order chi connectivity index (χ1) is 9.76. The van der Waals surface area contributed by atoms with Gasteiger partial charge in [-0.3, -0.25) is 4.79 Å². The van der Waals surface area contributed by atoms with Crippen LogP contribution in [-0.4, -0.2) is 17.9 Å². The fraction of sp³-hybridized carbons (Fsp3) is 0.944. The molecule has 6 rings (SSSR count). The molecule has 2 saturated heterocycles. The molecule has 0 aromatic rings. The van der Waals surface area contributed by atoms with E-state index in [2.05, 4.69) is 5.32 Å². The molecule has 2 unspecified atom stereocenters. The SMILES string of the molecule is O=C(C1CC2CCC(C1)N2)C1C2CC3CC(C2)CC1C3. The standard InChI is InChI=1S/C18H27NO/c20-18(14-8-15-1-2-16(9-14)19-15)17-12-4-10-3-11(6-12)7-13(17)5-10/h10-17,19H,1-9H2. The van der Waals surface area contributed by atoms with Crippen molar-refractivity contribution in [3.63, 3.8) is 0 Å². The Morgan fingerprint density at radius 3 is 1.85 bits per heavy atom. The minimum Gasteiger partial charge on any atom is -0.311 e. The van der Waals surface area contributed by atoms with Crippen LogP contribution in [0.1, 0.15) is 57.8 Å². The zero-order valence-electron chi connectivity index (χ0n) is 12.4. The molecule has 6 aliphatic rings. The van der Waals surface area contributed by atoms with Crippen LogP contribution in [0.5, 0.6) is 0 Å². The summed E-state index contributed by atoms with van der Waals surface area (Å²) in [5.41, 5.74) is 0.